The van der Waals surface area contributed by atoms with Crippen LogP contribution in [0.1, 0.15) is 18.4 Å². The van der Waals surface area contributed by atoms with Gasteiger partial charge in [0.15, 0.2) is 11.6 Å². The summed E-state index contributed by atoms with van der Waals surface area (Å²) in [5.41, 5.74) is 0.646. The van der Waals surface area contributed by atoms with Gasteiger partial charge in [0.25, 0.3) is 0 Å². The van der Waals surface area contributed by atoms with Crippen LogP contribution in [0, 0.1) is 11.7 Å². The Morgan fingerprint density at radius 3 is 2.74 bits per heavy atom. The molecule has 6 heteroatoms. The molecule has 1 heterocycles. The van der Waals surface area contributed by atoms with Crippen molar-refractivity contribution in [2.75, 3.05) is 13.1 Å². The second kappa shape index (κ2) is 7.31. The Kier molecular flexibility index (Phi) is 6.05. The van der Waals surface area contributed by atoms with E-state index in [1.807, 2.05) is 0 Å². The number of phenolic OH excluding ortho intramolecular Hbond substituents is 1. The third kappa shape index (κ3) is 4.36. The van der Waals surface area contributed by atoms with Crippen LogP contribution < -0.4 is 10.6 Å². The van der Waals surface area contributed by atoms with Crippen LogP contribution in [0.3, 0.4) is 0 Å². The zero-order valence-electron chi connectivity index (χ0n) is 10.5. The molecule has 1 saturated heterocycles. The number of amides is 1. The van der Waals surface area contributed by atoms with Gasteiger partial charge in [0.2, 0.25) is 5.91 Å². The van der Waals surface area contributed by atoms with Crippen molar-refractivity contribution in [1.82, 2.24) is 10.6 Å². The average molecular weight is 289 g/mol. The van der Waals surface area contributed by atoms with E-state index in [4.69, 9.17) is 5.11 Å². The number of benzene rings is 1. The normalized spacial score (nSPS) is 15.6. The average Bonchev–Trinajstić information content (AvgIpc) is 2.41. The molecule has 0 aliphatic carbocycles. The molecule has 106 valence electrons. The van der Waals surface area contributed by atoms with Crippen molar-refractivity contribution < 1.29 is 14.3 Å². The van der Waals surface area contributed by atoms with Gasteiger partial charge < -0.3 is 15.7 Å². The fourth-order valence-electron chi connectivity index (χ4n) is 2.08. The summed E-state index contributed by atoms with van der Waals surface area (Å²) in [4.78, 5) is 11.8. The molecule has 0 bridgehead atoms. The summed E-state index contributed by atoms with van der Waals surface area (Å²) in [5.74, 6) is -0.967. The number of piperidine rings is 1. The molecule has 1 fully saturated rings. The quantitative estimate of drug-likeness (QED) is 0.791. The second-order valence-corrected chi connectivity index (χ2v) is 4.53. The number of aromatic hydroxyl groups is 1. The summed E-state index contributed by atoms with van der Waals surface area (Å²) < 4.78 is 13.1. The van der Waals surface area contributed by atoms with Crippen molar-refractivity contribution in [3.05, 3.63) is 29.6 Å². The highest BCUT2D eigenvalue weighted by molar-refractivity contribution is 5.85. The smallest absolute Gasteiger partial charge is 0.223 e. The summed E-state index contributed by atoms with van der Waals surface area (Å²) in [6.07, 6.45) is 1.69. The summed E-state index contributed by atoms with van der Waals surface area (Å²) in [7, 11) is 0. The van der Waals surface area contributed by atoms with Gasteiger partial charge in [-0.3, -0.25) is 4.79 Å². The lowest BCUT2D eigenvalue weighted by Gasteiger charge is -2.21. The minimum atomic E-state index is -0.663. The van der Waals surface area contributed by atoms with Gasteiger partial charge in [-0.2, -0.15) is 0 Å². The number of carbonyl (C=O) groups is 1. The molecule has 0 radical (unpaired) electrons. The molecule has 1 aliphatic heterocycles. The fourth-order valence-corrected chi connectivity index (χ4v) is 2.08. The van der Waals surface area contributed by atoms with Crippen LogP contribution in [-0.2, 0) is 11.3 Å². The van der Waals surface area contributed by atoms with Crippen LogP contribution in [-0.4, -0.2) is 24.1 Å². The van der Waals surface area contributed by atoms with Crippen LogP contribution in [0.4, 0.5) is 4.39 Å². The maximum Gasteiger partial charge on any atom is 0.223 e. The first-order valence-corrected chi connectivity index (χ1v) is 6.12. The van der Waals surface area contributed by atoms with E-state index in [0.29, 0.717) is 12.1 Å². The number of hydrogen-bond donors (Lipinski definition) is 3. The third-order valence-electron chi connectivity index (χ3n) is 3.19. The van der Waals surface area contributed by atoms with Gasteiger partial charge in [-0.15, -0.1) is 12.4 Å². The minimum absolute atomic E-state index is 0. The molecule has 1 aromatic rings. The lowest BCUT2D eigenvalue weighted by atomic mass is 9.97. The molecule has 1 amide bonds. The zero-order valence-corrected chi connectivity index (χ0v) is 11.3. The predicted molar refractivity (Wildman–Crippen MR) is 72.8 cm³/mol. The third-order valence-corrected chi connectivity index (χ3v) is 3.19. The summed E-state index contributed by atoms with van der Waals surface area (Å²) in [5, 5.41) is 15.1. The van der Waals surface area contributed by atoms with Gasteiger partial charge in [0.1, 0.15) is 0 Å². The molecular formula is C13H18ClFN2O2. The summed E-state index contributed by atoms with van der Waals surface area (Å²) in [6.45, 7) is 2.03. The molecule has 3 N–H and O–H groups in total. The van der Waals surface area contributed by atoms with Gasteiger partial charge in [-0.25, -0.2) is 4.39 Å². The Labute approximate surface area is 117 Å². The van der Waals surface area contributed by atoms with Crippen LogP contribution in [0.15, 0.2) is 18.2 Å². The van der Waals surface area contributed by atoms with Crippen molar-refractivity contribution >= 4 is 18.3 Å². The van der Waals surface area contributed by atoms with E-state index >= 15 is 0 Å². The number of phenols is 1. The van der Waals surface area contributed by atoms with Crippen molar-refractivity contribution in [2.24, 2.45) is 5.92 Å². The van der Waals surface area contributed by atoms with Crippen LogP contribution in [0.2, 0.25) is 0 Å². The number of carbonyl (C=O) groups excluding carboxylic acids is 1. The molecule has 0 atom stereocenters. The highest BCUT2D eigenvalue weighted by atomic mass is 35.5. The Bertz CT molecular complexity index is 437. The zero-order chi connectivity index (χ0) is 13.0. The largest absolute Gasteiger partial charge is 0.505 e. The summed E-state index contributed by atoms with van der Waals surface area (Å²) >= 11 is 0. The maximum atomic E-state index is 13.1. The molecule has 19 heavy (non-hydrogen) atoms. The van der Waals surface area contributed by atoms with E-state index in [2.05, 4.69) is 10.6 Å². The fraction of sp³-hybridized carbons (Fsp3) is 0.462. The molecule has 4 nitrogen and oxygen atoms in total. The van der Waals surface area contributed by atoms with E-state index in [1.165, 1.54) is 12.1 Å². The first-order chi connectivity index (χ1) is 8.66. The Balaban J connectivity index is 0.00000180. The van der Waals surface area contributed by atoms with Gasteiger partial charge in [-0.1, -0.05) is 6.07 Å². The summed E-state index contributed by atoms with van der Waals surface area (Å²) in [6, 6.07) is 4.13. The SMILES string of the molecule is Cl.O=C(NCc1ccc(O)c(F)c1)C1CCNCC1. The van der Waals surface area contributed by atoms with E-state index in [1.54, 1.807) is 6.07 Å². The topological polar surface area (TPSA) is 61.4 Å². The standard InChI is InChI=1S/C13H17FN2O2.ClH/c14-11-7-9(1-2-12(11)17)8-16-13(18)10-3-5-15-6-4-10;/h1-2,7,10,15,17H,3-6,8H2,(H,16,18);1H. The van der Waals surface area contributed by atoms with Crippen molar-refractivity contribution in [2.45, 2.75) is 19.4 Å². The minimum Gasteiger partial charge on any atom is -0.505 e. The van der Waals surface area contributed by atoms with E-state index in [9.17, 15) is 9.18 Å². The van der Waals surface area contributed by atoms with Crippen LogP contribution >= 0.6 is 12.4 Å². The van der Waals surface area contributed by atoms with Crippen LogP contribution in [0.5, 0.6) is 5.75 Å². The Morgan fingerprint density at radius 1 is 1.42 bits per heavy atom. The van der Waals surface area contributed by atoms with Gasteiger partial charge in [0.05, 0.1) is 0 Å². The van der Waals surface area contributed by atoms with Crippen molar-refractivity contribution in [3.8, 4) is 5.75 Å². The van der Waals surface area contributed by atoms with Gasteiger partial charge >= 0.3 is 0 Å². The molecule has 1 aliphatic rings. The van der Waals surface area contributed by atoms with Gasteiger partial charge in [0, 0.05) is 12.5 Å². The lowest BCUT2D eigenvalue weighted by Crippen LogP contribution is -2.37. The van der Waals surface area contributed by atoms with Crippen molar-refractivity contribution in [3.63, 3.8) is 0 Å². The molecular weight excluding hydrogens is 271 g/mol. The van der Waals surface area contributed by atoms with Crippen LogP contribution in [0.25, 0.3) is 0 Å². The molecule has 0 saturated carbocycles. The first kappa shape index (κ1) is 15.7. The molecule has 2 rings (SSSR count). The number of rotatable bonds is 3. The predicted octanol–water partition coefficient (Wildman–Crippen LogP) is 1.57. The Hall–Kier alpha value is -1.33. The monoisotopic (exact) mass is 288 g/mol. The van der Waals surface area contributed by atoms with Crippen molar-refractivity contribution in [1.29, 1.82) is 0 Å². The number of nitrogens with one attached hydrogen (secondary N) is 2. The number of halogens is 2. The second-order valence-electron chi connectivity index (χ2n) is 4.53. The highest BCUT2D eigenvalue weighted by Gasteiger charge is 2.20. The van der Waals surface area contributed by atoms with Gasteiger partial charge in [-0.05, 0) is 43.6 Å². The molecule has 0 unspecified atom stereocenters. The molecule has 0 aromatic heterocycles. The highest BCUT2D eigenvalue weighted by Crippen LogP contribution is 2.16. The van der Waals surface area contributed by atoms with E-state index in [-0.39, 0.29) is 30.0 Å². The number of hydrogen-bond acceptors (Lipinski definition) is 3. The maximum absolute atomic E-state index is 13.1. The Morgan fingerprint density at radius 2 is 2.11 bits per heavy atom. The molecule has 0 spiro atoms. The first-order valence-electron chi connectivity index (χ1n) is 6.12. The van der Waals surface area contributed by atoms with E-state index < -0.39 is 5.82 Å². The van der Waals surface area contributed by atoms with E-state index in [0.717, 1.165) is 25.9 Å². The molecule has 1 aromatic carbocycles. The lowest BCUT2D eigenvalue weighted by molar-refractivity contribution is -0.125.